The Morgan fingerprint density at radius 1 is 1.29 bits per heavy atom. The number of benzene rings is 1. The van der Waals surface area contributed by atoms with Crippen molar-refractivity contribution >= 4 is 0 Å². The molecule has 0 bridgehead atoms. The zero-order valence-electron chi connectivity index (χ0n) is 12.4. The Labute approximate surface area is 125 Å². The SMILES string of the molecule is NC(Cc1cccc(F)c1)C1CCOC2(CCOCC2)C1. The maximum Gasteiger partial charge on any atom is 0.123 e. The summed E-state index contributed by atoms with van der Waals surface area (Å²) < 4.78 is 24.8. The fourth-order valence-corrected chi connectivity index (χ4v) is 3.63. The predicted octanol–water partition coefficient (Wildman–Crippen LogP) is 2.67. The summed E-state index contributed by atoms with van der Waals surface area (Å²) in [4.78, 5) is 0. The molecular weight excluding hydrogens is 269 g/mol. The minimum Gasteiger partial charge on any atom is -0.381 e. The lowest BCUT2D eigenvalue weighted by Crippen LogP contribution is -2.48. The Bertz CT molecular complexity index is 468. The standard InChI is InChI=1S/C17H24FNO2/c18-15-3-1-2-13(10-15)11-16(19)14-4-7-21-17(12-14)5-8-20-9-6-17/h1-3,10,14,16H,4-9,11-12,19H2. The molecule has 2 atom stereocenters. The molecule has 2 saturated heterocycles. The van der Waals surface area contributed by atoms with Gasteiger partial charge < -0.3 is 15.2 Å². The van der Waals surface area contributed by atoms with Crippen molar-refractivity contribution in [2.45, 2.75) is 43.7 Å². The van der Waals surface area contributed by atoms with E-state index in [1.165, 1.54) is 6.07 Å². The highest BCUT2D eigenvalue weighted by molar-refractivity contribution is 5.17. The number of ether oxygens (including phenoxy) is 2. The van der Waals surface area contributed by atoms with E-state index in [-0.39, 0.29) is 17.5 Å². The lowest BCUT2D eigenvalue weighted by molar-refractivity contribution is -0.149. The molecular formula is C17H24FNO2. The second-order valence-corrected chi connectivity index (χ2v) is 6.39. The van der Waals surface area contributed by atoms with Gasteiger partial charge in [0.05, 0.1) is 5.60 Å². The van der Waals surface area contributed by atoms with Crippen molar-refractivity contribution in [1.29, 1.82) is 0 Å². The van der Waals surface area contributed by atoms with Crippen LogP contribution in [0.15, 0.2) is 24.3 Å². The first-order valence-electron chi connectivity index (χ1n) is 7.89. The minimum absolute atomic E-state index is 0.0271. The van der Waals surface area contributed by atoms with Gasteiger partial charge in [0.25, 0.3) is 0 Å². The summed E-state index contributed by atoms with van der Waals surface area (Å²) in [5.41, 5.74) is 7.37. The van der Waals surface area contributed by atoms with Gasteiger partial charge in [0.1, 0.15) is 5.82 Å². The zero-order chi connectivity index (χ0) is 14.7. The normalized spacial score (nSPS) is 26.7. The van der Waals surface area contributed by atoms with E-state index >= 15 is 0 Å². The summed E-state index contributed by atoms with van der Waals surface area (Å²) in [6.07, 6.45) is 4.67. The highest BCUT2D eigenvalue weighted by Crippen LogP contribution is 2.38. The van der Waals surface area contributed by atoms with Crippen LogP contribution in [0.4, 0.5) is 4.39 Å². The average Bonchev–Trinajstić information content (AvgIpc) is 2.48. The largest absolute Gasteiger partial charge is 0.381 e. The molecule has 1 spiro atoms. The van der Waals surface area contributed by atoms with Gasteiger partial charge in [0.15, 0.2) is 0 Å². The molecule has 3 rings (SSSR count). The maximum atomic E-state index is 13.3. The number of rotatable bonds is 3. The van der Waals surface area contributed by atoms with Gasteiger partial charge in [-0.3, -0.25) is 0 Å². The smallest absolute Gasteiger partial charge is 0.123 e. The van der Waals surface area contributed by atoms with E-state index < -0.39 is 0 Å². The summed E-state index contributed by atoms with van der Waals surface area (Å²) >= 11 is 0. The minimum atomic E-state index is -0.187. The number of nitrogens with two attached hydrogens (primary N) is 1. The van der Waals surface area contributed by atoms with E-state index in [0.717, 1.165) is 57.5 Å². The van der Waals surface area contributed by atoms with E-state index in [0.29, 0.717) is 5.92 Å². The topological polar surface area (TPSA) is 44.5 Å². The molecule has 4 heteroatoms. The third kappa shape index (κ3) is 3.62. The fraction of sp³-hybridized carbons (Fsp3) is 0.647. The number of hydrogen-bond acceptors (Lipinski definition) is 3. The van der Waals surface area contributed by atoms with Crippen molar-refractivity contribution in [2.75, 3.05) is 19.8 Å². The fourth-order valence-electron chi connectivity index (χ4n) is 3.63. The van der Waals surface area contributed by atoms with Gasteiger partial charge in [0, 0.05) is 25.9 Å². The molecule has 1 aromatic rings. The molecule has 2 heterocycles. The van der Waals surface area contributed by atoms with Crippen LogP contribution in [0.25, 0.3) is 0 Å². The molecule has 0 saturated carbocycles. The lowest BCUT2D eigenvalue weighted by atomic mass is 9.77. The summed E-state index contributed by atoms with van der Waals surface area (Å²) in [7, 11) is 0. The maximum absolute atomic E-state index is 13.3. The van der Waals surface area contributed by atoms with E-state index in [4.69, 9.17) is 15.2 Å². The van der Waals surface area contributed by atoms with E-state index in [9.17, 15) is 4.39 Å². The third-order valence-electron chi connectivity index (χ3n) is 4.90. The first kappa shape index (κ1) is 14.9. The van der Waals surface area contributed by atoms with Crippen LogP contribution >= 0.6 is 0 Å². The van der Waals surface area contributed by atoms with E-state index in [1.807, 2.05) is 6.07 Å². The van der Waals surface area contributed by atoms with Crippen molar-refractivity contribution in [1.82, 2.24) is 0 Å². The molecule has 2 unspecified atom stereocenters. The molecule has 3 nitrogen and oxygen atoms in total. The Kier molecular flexibility index (Phi) is 4.57. The first-order valence-corrected chi connectivity index (χ1v) is 7.89. The molecule has 2 aliphatic rings. The molecule has 2 aliphatic heterocycles. The van der Waals surface area contributed by atoms with Crippen molar-refractivity contribution < 1.29 is 13.9 Å². The van der Waals surface area contributed by atoms with Crippen molar-refractivity contribution in [2.24, 2.45) is 11.7 Å². The Hall–Kier alpha value is -0.970. The van der Waals surface area contributed by atoms with Crippen LogP contribution in [0, 0.1) is 11.7 Å². The number of halogens is 1. The van der Waals surface area contributed by atoms with Gasteiger partial charge in [-0.2, -0.15) is 0 Å². The number of hydrogen-bond donors (Lipinski definition) is 1. The summed E-state index contributed by atoms with van der Waals surface area (Å²) in [5.74, 6) is 0.257. The zero-order valence-corrected chi connectivity index (χ0v) is 12.4. The molecule has 0 aliphatic carbocycles. The highest BCUT2D eigenvalue weighted by Gasteiger charge is 2.40. The Morgan fingerprint density at radius 2 is 2.10 bits per heavy atom. The summed E-state index contributed by atoms with van der Waals surface area (Å²) in [6.45, 7) is 2.35. The van der Waals surface area contributed by atoms with Crippen molar-refractivity contribution in [3.63, 3.8) is 0 Å². The highest BCUT2D eigenvalue weighted by atomic mass is 19.1. The van der Waals surface area contributed by atoms with Gasteiger partial charge in [0.2, 0.25) is 0 Å². The first-order chi connectivity index (χ1) is 10.2. The lowest BCUT2D eigenvalue weighted by Gasteiger charge is -2.44. The van der Waals surface area contributed by atoms with Crippen molar-refractivity contribution in [3.05, 3.63) is 35.6 Å². The monoisotopic (exact) mass is 293 g/mol. The quantitative estimate of drug-likeness (QED) is 0.932. The Morgan fingerprint density at radius 3 is 2.86 bits per heavy atom. The molecule has 21 heavy (non-hydrogen) atoms. The second-order valence-electron chi connectivity index (χ2n) is 6.39. The molecule has 0 radical (unpaired) electrons. The Balaban J connectivity index is 1.62. The van der Waals surface area contributed by atoms with Gasteiger partial charge in [-0.05, 0) is 55.7 Å². The predicted molar refractivity (Wildman–Crippen MR) is 79.5 cm³/mol. The van der Waals surface area contributed by atoms with Crippen LogP contribution in [0.5, 0.6) is 0 Å². The van der Waals surface area contributed by atoms with Crippen LogP contribution in [0.3, 0.4) is 0 Å². The molecule has 0 amide bonds. The van der Waals surface area contributed by atoms with E-state index in [1.54, 1.807) is 12.1 Å². The summed E-state index contributed by atoms with van der Waals surface area (Å²) in [5, 5.41) is 0. The third-order valence-corrected chi connectivity index (χ3v) is 4.90. The van der Waals surface area contributed by atoms with Crippen molar-refractivity contribution in [3.8, 4) is 0 Å². The summed E-state index contributed by atoms with van der Waals surface area (Å²) in [6, 6.07) is 6.83. The molecule has 1 aromatic carbocycles. The van der Waals surface area contributed by atoms with Gasteiger partial charge in [-0.1, -0.05) is 12.1 Å². The van der Waals surface area contributed by atoms with Crippen LogP contribution in [-0.2, 0) is 15.9 Å². The second kappa shape index (κ2) is 6.42. The molecule has 2 fully saturated rings. The van der Waals surface area contributed by atoms with Gasteiger partial charge >= 0.3 is 0 Å². The van der Waals surface area contributed by atoms with Crippen LogP contribution < -0.4 is 5.73 Å². The van der Waals surface area contributed by atoms with Crippen LogP contribution in [0.2, 0.25) is 0 Å². The molecule has 2 N–H and O–H groups in total. The average molecular weight is 293 g/mol. The van der Waals surface area contributed by atoms with Crippen LogP contribution in [0.1, 0.15) is 31.2 Å². The van der Waals surface area contributed by atoms with Crippen LogP contribution in [-0.4, -0.2) is 31.5 Å². The van der Waals surface area contributed by atoms with Gasteiger partial charge in [-0.15, -0.1) is 0 Å². The molecule has 0 aromatic heterocycles. The van der Waals surface area contributed by atoms with E-state index in [2.05, 4.69) is 0 Å². The van der Waals surface area contributed by atoms with Gasteiger partial charge in [-0.25, -0.2) is 4.39 Å². The molecule has 116 valence electrons.